The molecule has 3 rings (SSSR count). The van der Waals surface area contributed by atoms with Crippen molar-refractivity contribution in [3.05, 3.63) is 52.8 Å². The van der Waals surface area contributed by atoms with Gasteiger partial charge in [-0.25, -0.2) is 8.42 Å². The number of para-hydroxylation sites is 1. The fraction of sp³-hybridized carbons (Fsp3) is 0.391. The van der Waals surface area contributed by atoms with E-state index in [9.17, 15) is 13.2 Å². The van der Waals surface area contributed by atoms with Crippen molar-refractivity contribution in [2.45, 2.75) is 45.6 Å². The first-order valence-electron chi connectivity index (χ1n) is 10.8. The Hall–Kier alpha value is -2.49. The summed E-state index contributed by atoms with van der Waals surface area (Å²) in [7, 11) is -3.57. The van der Waals surface area contributed by atoms with Crippen molar-refractivity contribution < 1.29 is 17.9 Å². The van der Waals surface area contributed by atoms with E-state index in [2.05, 4.69) is 11.9 Å². The highest BCUT2D eigenvalue weighted by Gasteiger charge is 2.21. The van der Waals surface area contributed by atoms with E-state index in [1.807, 2.05) is 29.7 Å². The number of hydrogen-bond donors (Lipinski definition) is 0. The summed E-state index contributed by atoms with van der Waals surface area (Å²) in [6.45, 7) is 9.64. The fourth-order valence-corrected chi connectivity index (χ4v) is 6.05. The summed E-state index contributed by atoms with van der Waals surface area (Å²) in [5.74, 6) is 0.362. The van der Waals surface area contributed by atoms with Gasteiger partial charge in [-0.3, -0.25) is 4.79 Å². The van der Waals surface area contributed by atoms with Crippen molar-refractivity contribution in [3.8, 4) is 5.75 Å². The van der Waals surface area contributed by atoms with Gasteiger partial charge in [0.05, 0.1) is 16.2 Å². The standard InChI is InChI=1S/C23H29N3O4S2/c1-5-16-26-21-19(30-8-4)10-9-11-20(21)31-23(26)24-22(27)17-12-14-18(15-13-17)32(28,29)25(6-2)7-3/h9-15H,5-8,16H2,1-4H3. The third-order valence-electron chi connectivity index (χ3n) is 5.05. The van der Waals surface area contributed by atoms with E-state index in [0.29, 0.717) is 36.6 Å². The number of benzene rings is 2. The van der Waals surface area contributed by atoms with Crippen LogP contribution >= 0.6 is 11.3 Å². The lowest BCUT2D eigenvalue weighted by Crippen LogP contribution is -2.30. The van der Waals surface area contributed by atoms with Gasteiger partial charge in [-0.15, -0.1) is 0 Å². The molecular weight excluding hydrogens is 446 g/mol. The van der Waals surface area contributed by atoms with Crippen LogP contribution in [0.3, 0.4) is 0 Å². The van der Waals surface area contributed by atoms with E-state index in [0.717, 1.165) is 22.4 Å². The molecule has 0 fully saturated rings. The molecule has 0 radical (unpaired) electrons. The van der Waals surface area contributed by atoms with Crippen molar-refractivity contribution >= 4 is 37.5 Å². The van der Waals surface area contributed by atoms with Gasteiger partial charge in [0.15, 0.2) is 4.80 Å². The lowest BCUT2D eigenvalue weighted by atomic mass is 10.2. The molecule has 172 valence electrons. The third-order valence-corrected chi connectivity index (χ3v) is 8.16. The summed E-state index contributed by atoms with van der Waals surface area (Å²) in [4.78, 5) is 18.0. The molecular formula is C23H29N3O4S2. The number of hydrogen-bond acceptors (Lipinski definition) is 5. The highest BCUT2D eigenvalue weighted by molar-refractivity contribution is 7.89. The van der Waals surface area contributed by atoms with E-state index >= 15 is 0 Å². The summed E-state index contributed by atoms with van der Waals surface area (Å²) in [6, 6.07) is 11.8. The highest BCUT2D eigenvalue weighted by Crippen LogP contribution is 2.28. The lowest BCUT2D eigenvalue weighted by molar-refractivity contribution is 0.0997. The van der Waals surface area contributed by atoms with Crippen LogP contribution in [0.5, 0.6) is 5.75 Å². The summed E-state index contributed by atoms with van der Waals surface area (Å²) in [5.41, 5.74) is 1.28. The fourth-order valence-electron chi connectivity index (χ4n) is 3.52. The zero-order valence-electron chi connectivity index (χ0n) is 18.9. The molecule has 9 heteroatoms. The van der Waals surface area contributed by atoms with Crippen molar-refractivity contribution in [1.82, 2.24) is 8.87 Å². The van der Waals surface area contributed by atoms with Gasteiger partial charge >= 0.3 is 0 Å². The average molecular weight is 476 g/mol. The van der Waals surface area contributed by atoms with Gasteiger partial charge in [0.25, 0.3) is 5.91 Å². The van der Waals surface area contributed by atoms with Gasteiger partial charge in [0, 0.05) is 25.2 Å². The van der Waals surface area contributed by atoms with E-state index in [4.69, 9.17) is 4.74 Å². The minimum Gasteiger partial charge on any atom is -0.492 e. The number of nitrogens with zero attached hydrogens (tertiary/aromatic N) is 3. The number of ether oxygens (including phenoxy) is 1. The van der Waals surface area contributed by atoms with Gasteiger partial charge in [-0.2, -0.15) is 9.30 Å². The van der Waals surface area contributed by atoms with E-state index < -0.39 is 15.9 Å². The topological polar surface area (TPSA) is 81.0 Å². The third kappa shape index (κ3) is 4.79. The first-order chi connectivity index (χ1) is 15.4. The number of sulfonamides is 1. The van der Waals surface area contributed by atoms with Gasteiger partial charge in [0.1, 0.15) is 11.3 Å². The molecule has 2 aromatic carbocycles. The number of carbonyl (C=O) groups is 1. The van der Waals surface area contributed by atoms with E-state index in [1.54, 1.807) is 13.8 Å². The van der Waals surface area contributed by atoms with Crippen LogP contribution in [0.1, 0.15) is 44.5 Å². The first-order valence-corrected chi connectivity index (χ1v) is 13.1. The predicted molar refractivity (Wildman–Crippen MR) is 128 cm³/mol. The zero-order chi connectivity index (χ0) is 23.3. The Morgan fingerprint density at radius 3 is 2.34 bits per heavy atom. The van der Waals surface area contributed by atoms with Crippen LogP contribution in [0, 0.1) is 0 Å². The van der Waals surface area contributed by atoms with Gasteiger partial charge in [0.2, 0.25) is 10.0 Å². The van der Waals surface area contributed by atoms with Crippen LogP contribution in [0.4, 0.5) is 0 Å². The smallest absolute Gasteiger partial charge is 0.279 e. The average Bonchev–Trinajstić information content (AvgIpc) is 3.13. The number of carbonyl (C=O) groups excluding carboxylic acids is 1. The van der Waals surface area contributed by atoms with E-state index in [-0.39, 0.29) is 4.90 Å². The molecule has 0 spiro atoms. The highest BCUT2D eigenvalue weighted by atomic mass is 32.2. The number of aromatic nitrogens is 1. The Morgan fingerprint density at radius 1 is 1.06 bits per heavy atom. The van der Waals surface area contributed by atoms with Crippen LogP contribution in [-0.2, 0) is 16.6 Å². The summed E-state index contributed by atoms with van der Waals surface area (Å²) in [5, 5.41) is 0. The molecule has 7 nitrogen and oxygen atoms in total. The summed E-state index contributed by atoms with van der Waals surface area (Å²) < 4.78 is 35.5. The van der Waals surface area contributed by atoms with Crippen LogP contribution < -0.4 is 9.54 Å². The number of fused-ring (bicyclic) bond motifs is 1. The zero-order valence-corrected chi connectivity index (χ0v) is 20.5. The van der Waals surface area contributed by atoms with Crippen molar-refractivity contribution in [3.63, 3.8) is 0 Å². The Morgan fingerprint density at radius 2 is 1.75 bits per heavy atom. The first kappa shape index (κ1) is 24.2. The van der Waals surface area contributed by atoms with Crippen LogP contribution in [0.15, 0.2) is 52.4 Å². The minimum atomic E-state index is -3.57. The van der Waals surface area contributed by atoms with Crippen LogP contribution in [-0.4, -0.2) is 42.9 Å². The number of thiazole rings is 1. The Bertz CT molecular complexity index is 1250. The largest absolute Gasteiger partial charge is 0.492 e. The molecule has 0 N–H and O–H groups in total. The van der Waals surface area contributed by atoms with Gasteiger partial charge in [-0.05, 0) is 49.7 Å². The Labute approximate surface area is 193 Å². The van der Waals surface area contributed by atoms with Crippen LogP contribution in [0.25, 0.3) is 10.2 Å². The second kappa shape index (κ2) is 10.4. The Kier molecular flexibility index (Phi) is 7.86. The molecule has 1 heterocycles. The molecule has 0 saturated heterocycles. The van der Waals surface area contributed by atoms with Crippen molar-refractivity contribution in [2.75, 3.05) is 19.7 Å². The predicted octanol–water partition coefficient (Wildman–Crippen LogP) is 4.28. The summed E-state index contributed by atoms with van der Waals surface area (Å²) in [6.07, 6.45) is 0.881. The lowest BCUT2D eigenvalue weighted by Gasteiger charge is -2.18. The molecule has 32 heavy (non-hydrogen) atoms. The molecule has 3 aromatic rings. The minimum absolute atomic E-state index is 0.169. The van der Waals surface area contributed by atoms with Crippen molar-refractivity contribution in [1.29, 1.82) is 0 Å². The molecule has 0 saturated carbocycles. The quantitative estimate of drug-likeness (QED) is 0.463. The SMILES string of the molecule is CCCn1c(=NC(=O)c2ccc(S(=O)(=O)N(CC)CC)cc2)sc2cccc(OCC)c21. The molecule has 1 amide bonds. The molecule has 0 unspecified atom stereocenters. The number of aryl methyl sites for hydroxylation is 1. The maximum absolute atomic E-state index is 12.9. The number of amides is 1. The molecule has 0 bridgehead atoms. The molecule has 1 aromatic heterocycles. The monoisotopic (exact) mass is 475 g/mol. The summed E-state index contributed by atoms with van der Waals surface area (Å²) >= 11 is 1.44. The van der Waals surface area contributed by atoms with Crippen LogP contribution in [0.2, 0.25) is 0 Å². The molecule has 0 aliphatic heterocycles. The molecule has 0 aliphatic carbocycles. The Balaban J connectivity index is 2.01. The normalized spacial score (nSPS) is 12.6. The van der Waals surface area contributed by atoms with Gasteiger partial charge in [-0.1, -0.05) is 38.2 Å². The second-order valence-electron chi connectivity index (χ2n) is 7.10. The van der Waals surface area contributed by atoms with E-state index in [1.165, 1.54) is 39.9 Å². The maximum Gasteiger partial charge on any atom is 0.279 e. The molecule has 0 aliphatic rings. The number of rotatable bonds is 9. The maximum atomic E-state index is 12.9. The van der Waals surface area contributed by atoms with Gasteiger partial charge < -0.3 is 9.30 Å². The molecule has 0 atom stereocenters. The second-order valence-corrected chi connectivity index (χ2v) is 10.0. The van der Waals surface area contributed by atoms with Crippen molar-refractivity contribution in [2.24, 2.45) is 4.99 Å².